The molecule has 0 heterocycles. The molecule has 130 valence electrons. The molecule has 0 aliphatic rings. The molecule has 0 radical (unpaired) electrons. The highest BCUT2D eigenvalue weighted by Crippen LogP contribution is 2.24. The maximum Gasteiger partial charge on any atom is 0.412 e. The number of carbonyl (C=O) groups is 1. The van der Waals surface area contributed by atoms with Crippen molar-refractivity contribution in [3.63, 3.8) is 0 Å². The fourth-order valence-electron chi connectivity index (χ4n) is 1.86. The molecule has 5 heteroatoms. The number of amides is 1. The lowest BCUT2D eigenvalue weighted by Crippen LogP contribution is -2.27. The molecule has 2 aromatic carbocycles. The van der Waals surface area contributed by atoms with Gasteiger partial charge in [0.25, 0.3) is 0 Å². The molecular formula is C19H27N3O2. The van der Waals surface area contributed by atoms with Crippen LogP contribution in [0.25, 0.3) is 0 Å². The van der Waals surface area contributed by atoms with Gasteiger partial charge in [0.2, 0.25) is 0 Å². The van der Waals surface area contributed by atoms with Crippen LogP contribution in [0.3, 0.4) is 0 Å². The molecule has 0 fully saturated rings. The minimum atomic E-state index is -0.529. The van der Waals surface area contributed by atoms with Gasteiger partial charge in [0, 0.05) is 11.4 Å². The zero-order valence-corrected chi connectivity index (χ0v) is 15.0. The van der Waals surface area contributed by atoms with E-state index in [4.69, 9.17) is 10.5 Å². The lowest BCUT2D eigenvalue weighted by atomic mass is 10.2. The summed E-state index contributed by atoms with van der Waals surface area (Å²) in [7, 11) is 0. The first-order valence-corrected chi connectivity index (χ1v) is 8.05. The molecule has 0 bridgehead atoms. The summed E-state index contributed by atoms with van der Waals surface area (Å²) < 4.78 is 5.23. The van der Waals surface area contributed by atoms with Crippen LogP contribution in [0.4, 0.5) is 27.5 Å². The van der Waals surface area contributed by atoms with Crippen LogP contribution in [0.5, 0.6) is 0 Å². The maximum absolute atomic E-state index is 11.8. The summed E-state index contributed by atoms with van der Waals surface area (Å²) in [6, 6.07) is 14.8. The van der Waals surface area contributed by atoms with Gasteiger partial charge in [-0.2, -0.15) is 0 Å². The molecule has 0 spiro atoms. The third-order valence-electron chi connectivity index (χ3n) is 2.75. The number of carbonyl (C=O) groups excluding carboxylic acids is 1. The molecule has 24 heavy (non-hydrogen) atoms. The van der Waals surface area contributed by atoms with E-state index in [0.29, 0.717) is 11.4 Å². The Bertz CT molecular complexity index is 664. The largest absolute Gasteiger partial charge is 0.444 e. The predicted molar refractivity (Wildman–Crippen MR) is 102 cm³/mol. The van der Waals surface area contributed by atoms with Crippen molar-refractivity contribution in [1.82, 2.24) is 0 Å². The highest BCUT2D eigenvalue weighted by atomic mass is 16.6. The average molecular weight is 329 g/mol. The van der Waals surface area contributed by atoms with Gasteiger partial charge in [0.1, 0.15) is 5.60 Å². The summed E-state index contributed by atoms with van der Waals surface area (Å²) in [4.78, 5) is 11.8. The standard InChI is InChI=1S/C17H21N3O2.C2H6/c1-17(2,3)22-16(21)20-13-8-6-7-12(11-13)19-15-10-5-4-9-14(15)18;1-2/h4-11,19H,18H2,1-3H3,(H,20,21);1-2H3. The molecule has 0 unspecified atom stereocenters. The molecule has 4 N–H and O–H groups in total. The monoisotopic (exact) mass is 329 g/mol. The smallest absolute Gasteiger partial charge is 0.412 e. The zero-order chi connectivity index (χ0) is 18.2. The van der Waals surface area contributed by atoms with E-state index in [2.05, 4.69) is 10.6 Å². The fraction of sp³-hybridized carbons (Fsp3) is 0.316. The van der Waals surface area contributed by atoms with E-state index < -0.39 is 11.7 Å². The number of ether oxygens (including phenoxy) is 1. The van der Waals surface area contributed by atoms with E-state index in [0.717, 1.165) is 11.4 Å². The van der Waals surface area contributed by atoms with E-state index in [-0.39, 0.29) is 0 Å². The number of hydrogen-bond donors (Lipinski definition) is 3. The highest BCUT2D eigenvalue weighted by molar-refractivity contribution is 5.86. The molecule has 0 atom stereocenters. The van der Waals surface area contributed by atoms with Crippen LogP contribution in [0.1, 0.15) is 34.6 Å². The summed E-state index contributed by atoms with van der Waals surface area (Å²) in [5.41, 5.74) is 8.32. The average Bonchev–Trinajstić information content (AvgIpc) is 2.50. The first-order chi connectivity index (χ1) is 11.3. The van der Waals surface area contributed by atoms with Crippen LogP contribution in [0, 0.1) is 0 Å². The van der Waals surface area contributed by atoms with Crippen molar-refractivity contribution in [1.29, 1.82) is 0 Å². The third-order valence-corrected chi connectivity index (χ3v) is 2.75. The molecule has 2 aromatic rings. The second-order valence-electron chi connectivity index (χ2n) is 5.92. The van der Waals surface area contributed by atoms with Gasteiger partial charge in [-0.3, -0.25) is 5.32 Å². The van der Waals surface area contributed by atoms with Crippen molar-refractivity contribution in [2.75, 3.05) is 16.4 Å². The Hall–Kier alpha value is -2.69. The summed E-state index contributed by atoms with van der Waals surface area (Å²) in [5, 5.41) is 5.92. The summed E-state index contributed by atoms with van der Waals surface area (Å²) in [6.07, 6.45) is -0.483. The van der Waals surface area contributed by atoms with Crippen molar-refractivity contribution in [2.45, 2.75) is 40.2 Å². The summed E-state index contributed by atoms with van der Waals surface area (Å²) in [6.45, 7) is 9.47. The van der Waals surface area contributed by atoms with Gasteiger partial charge in [-0.05, 0) is 51.1 Å². The quantitative estimate of drug-likeness (QED) is 0.660. The Balaban J connectivity index is 0.00000139. The number of anilines is 4. The van der Waals surface area contributed by atoms with E-state index in [1.54, 1.807) is 6.07 Å². The SMILES string of the molecule is CC.CC(C)(C)OC(=O)Nc1cccc(Nc2ccccc2N)c1. The van der Waals surface area contributed by atoms with Crippen LogP contribution in [-0.4, -0.2) is 11.7 Å². The lowest BCUT2D eigenvalue weighted by molar-refractivity contribution is 0.0636. The molecule has 0 aliphatic carbocycles. The Kier molecular flexibility index (Phi) is 7.11. The molecular weight excluding hydrogens is 302 g/mol. The van der Waals surface area contributed by atoms with E-state index in [9.17, 15) is 4.79 Å². The minimum absolute atomic E-state index is 0.483. The molecule has 0 aliphatic heterocycles. The third kappa shape index (κ3) is 6.60. The number of nitrogens with one attached hydrogen (secondary N) is 2. The van der Waals surface area contributed by atoms with Gasteiger partial charge in [0.15, 0.2) is 0 Å². The van der Waals surface area contributed by atoms with E-state index in [1.807, 2.05) is 77.1 Å². The van der Waals surface area contributed by atoms with Crippen LogP contribution in [-0.2, 0) is 4.74 Å². The Morgan fingerprint density at radius 1 is 1.00 bits per heavy atom. The lowest BCUT2D eigenvalue weighted by Gasteiger charge is -2.19. The summed E-state index contributed by atoms with van der Waals surface area (Å²) in [5.74, 6) is 0. The number of nitrogen functional groups attached to an aromatic ring is 1. The Morgan fingerprint density at radius 3 is 2.25 bits per heavy atom. The van der Waals surface area contributed by atoms with Crippen molar-refractivity contribution in [2.24, 2.45) is 0 Å². The van der Waals surface area contributed by atoms with Gasteiger partial charge in [0.05, 0.1) is 11.4 Å². The van der Waals surface area contributed by atoms with Crippen LogP contribution < -0.4 is 16.4 Å². The minimum Gasteiger partial charge on any atom is -0.444 e. The van der Waals surface area contributed by atoms with Crippen molar-refractivity contribution in [3.05, 3.63) is 48.5 Å². The highest BCUT2D eigenvalue weighted by Gasteiger charge is 2.16. The summed E-state index contributed by atoms with van der Waals surface area (Å²) >= 11 is 0. The number of nitrogens with two attached hydrogens (primary N) is 1. The molecule has 2 rings (SSSR count). The second kappa shape index (κ2) is 8.82. The number of para-hydroxylation sites is 2. The molecule has 0 saturated carbocycles. The number of rotatable bonds is 3. The van der Waals surface area contributed by atoms with E-state index in [1.165, 1.54) is 0 Å². The topological polar surface area (TPSA) is 76.4 Å². The maximum atomic E-state index is 11.8. The van der Waals surface area contributed by atoms with Gasteiger partial charge in [-0.25, -0.2) is 4.79 Å². The Labute approximate surface area is 144 Å². The van der Waals surface area contributed by atoms with Crippen molar-refractivity contribution in [3.8, 4) is 0 Å². The molecule has 0 aromatic heterocycles. The Morgan fingerprint density at radius 2 is 1.62 bits per heavy atom. The van der Waals surface area contributed by atoms with Gasteiger partial charge < -0.3 is 15.8 Å². The normalized spacial score (nSPS) is 10.2. The second-order valence-corrected chi connectivity index (χ2v) is 5.92. The van der Waals surface area contributed by atoms with E-state index >= 15 is 0 Å². The van der Waals surface area contributed by atoms with Crippen molar-refractivity contribution < 1.29 is 9.53 Å². The first-order valence-electron chi connectivity index (χ1n) is 8.05. The zero-order valence-electron chi connectivity index (χ0n) is 15.0. The van der Waals surface area contributed by atoms with Crippen LogP contribution in [0.2, 0.25) is 0 Å². The molecule has 0 saturated heterocycles. The van der Waals surface area contributed by atoms with Gasteiger partial charge in [-0.1, -0.05) is 32.0 Å². The molecule has 1 amide bonds. The van der Waals surface area contributed by atoms with Gasteiger partial charge >= 0.3 is 6.09 Å². The fourth-order valence-corrected chi connectivity index (χ4v) is 1.86. The first kappa shape index (κ1) is 19.4. The number of benzene rings is 2. The predicted octanol–water partition coefficient (Wildman–Crippen LogP) is 5.39. The van der Waals surface area contributed by atoms with Crippen LogP contribution in [0.15, 0.2) is 48.5 Å². The van der Waals surface area contributed by atoms with Crippen molar-refractivity contribution >= 4 is 28.8 Å². The van der Waals surface area contributed by atoms with Crippen LogP contribution >= 0.6 is 0 Å². The molecule has 5 nitrogen and oxygen atoms in total. The number of hydrogen-bond acceptors (Lipinski definition) is 4. The van der Waals surface area contributed by atoms with Gasteiger partial charge in [-0.15, -0.1) is 0 Å².